The van der Waals surface area contributed by atoms with Gasteiger partial charge >= 0.3 is 0 Å². The molecule has 1 N–H and O–H groups in total. The van der Waals surface area contributed by atoms with Gasteiger partial charge in [-0.05, 0) is 23.3 Å². The molecule has 0 aliphatic carbocycles. The summed E-state index contributed by atoms with van der Waals surface area (Å²) in [5.74, 6) is 0. The van der Waals surface area contributed by atoms with Crippen LogP contribution in [0.5, 0.6) is 0 Å². The van der Waals surface area contributed by atoms with E-state index in [1.807, 2.05) is 60.7 Å². The molecule has 0 spiro atoms. The van der Waals surface area contributed by atoms with E-state index in [0.717, 1.165) is 11.1 Å². The molecule has 3 aromatic rings. The average Bonchev–Trinajstić information content (AvgIpc) is 2.89. The highest BCUT2D eigenvalue weighted by molar-refractivity contribution is 7.92. The Morgan fingerprint density at radius 1 is 0.800 bits per heavy atom. The fourth-order valence-corrected chi connectivity index (χ4v) is 5.81. The smallest absolute Gasteiger partial charge is 0.207 e. The van der Waals surface area contributed by atoms with E-state index < -0.39 is 39.7 Å². The molecular weight excluding hydrogens is 468 g/mol. The van der Waals surface area contributed by atoms with Crippen molar-refractivity contribution in [2.75, 3.05) is 13.7 Å². The number of ether oxygens (including phenoxy) is 4. The number of methoxy groups -OCH3 is 1. The van der Waals surface area contributed by atoms with Gasteiger partial charge in [-0.25, -0.2) is 8.42 Å². The molecule has 4 rings (SSSR count). The van der Waals surface area contributed by atoms with Crippen LogP contribution in [-0.4, -0.2) is 57.1 Å². The molecule has 7 nitrogen and oxygen atoms in total. The molecule has 1 aliphatic rings. The van der Waals surface area contributed by atoms with Gasteiger partial charge in [0.2, 0.25) is 9.84 Å². The number of aliphatic hydroxyl groups is 1. The molecule has 1 heterocycles. The van der Waals surface area contributed by atoms with Crippen LogP contribution >= 0.6 is 0 Å². The zero-order chi connectivity index (χ0) is 24.7. The van der Waals surface area contributed by atoms with Crippen LogP contribution in [0, 0.1) is 0 Å². The number of aliphatic hydroxyl groups excluding tert-OH is 1. The van der Waals surface area contributed by atoms with E-state index in [1.54, 1.807) is 18.2 Å². The molecule has 0 aromatic heterocycles. The highest BCUT2D eigenvalue weighted by Crippen LogP contribution is 2.32. The summed E-state index contributed by atoms with van der Waals surface area (Å²) in [4.78, 5) is 0.0883. The van der Waals surface area contributed by atoms with Crippen LogP contribution in [0.3, 0.4) is 0 Å². The van der Waals surface area contributed by atoms with Crippen LogP contribution in [0.25, 0.3) is 0 Å². The minimum atomic E-state index is -4.01. The molecule has 1 aliphatic heterocycles. The fraction of sp³-hybridized carbons (Fsp3) is 0.333. The van der Waals surface area contributed by atoms with E-state index in [-0.39, 0.29) is 18.1 Å². The maximum absolute atomic E-state index is 13.6. The van der Waals surface area contributed by atoms with Gasteiger partial charge in [-0.2, -0.15) is 0 Å². The monoisotopic (exact) mass is 498 g/mol. The Labute approximate surface area is 206 Å². The average molecular weight is 499 g/mol. The number of hydrogen-bond donors (Lipinski definition) is 1. The van der Waals surface area contributed by atoms with E-state index in [1.165, 1.54) is 19.2 Å². The second kappa shape index (κ2) is 11.9. The third-order valence-corrected chi connectivity index (χ3v) is 7.87. The molecule has 35 heavy (non-hydrogen) atoms. The summed E-state index contributed by atoms with van der Waals surface area (Å²) in [6.07, 6.45) is -4.09. The Hall–Kier alpha value is -2.59. The molecule has 1 fully saturated rings. The lowest BCUT2D eigenvalue weighted by atomic mass is 9.99. The van der Waals surface area contributed by atoms with E-state index in [0.29, 0.717) is 6.61 Å². The highest BCUT2D eigenvalue weighted by Gasteiger charge is 2.51. The first kappa shape index (κ1) is 25.5. The van der Waals surface area contributed by atoms with Crippen molar-refractivity contribution in [2.45, 2.75) is 48.0 Å². The van der Waals surface area contributed by atoms with Crippen molar-refractivity contribution in [3.63, 3.8) is 0 Å². The first-order chi connectivity index (χ1) is 17.0. The zero-order valence-corrected chi connectivity index (χ0v) is 20.3. The van der Waals surface area contributed by atoms with E-state index in [9.17, 15) is 13.5 Å². The first-order valence-electron chi connectivity index (χ1n) is 11.4. The van der Waals surface area contributed by atoms with E-state index in [2.05, 4.69) is 0 Å². The van der Waals surface area contributed by atoms with Gasteiger partial charge in [0.05, 0.1) is 24.7 Å². The number of benzene rings is 3. The Kier molecular flexibility index (Phi) is 8.67. The van der Waals surface area contributed by atoms with Gasteiger partial charge in [-0.15, -0.1) is 0 Å². The van der Waals surface area contributed by atoms with Crippen molar-refractivity contribution < 1.29 is 32.5 Å². The van der Waals surface area contributed by atoms with Gasteiger partial charge in [0, 0.05) is 7.11 Å². The number of rotatable bonds is 10. The van der Waals surface area contributed by atoms with Crippen LogP contribution < -0.4 is 0 Å². The SMILES string of the molecule is CO[C@@H]1[C@H](O)[C@@H](OCc2ccccc2)[C@H](S(=O)(=O)c2ccccc2)O[C@@H]1COCc1ccccc1. The number of hydrogen-bond acceptors (Lipinski definition) is 7. The Balaban J connectivity index is 1.57. The summed E-state index contributed by atoms with van der Waals surface area (Å²) in [6, 6.07) is 27.0. The molecule has 0 bridgehead atoms. The van der Waals surface area contributed by atoms with Crippen molar-refractivity contribution in [1.82, 2.24) is 0 Å². The zero-order valence-electron chi connectivity index (χ0n) is 19.5. The van der Waals surface area contributed by atoms with Crippen LogP contribution in [0.2, 0.25) is 0 Å². The van der Waals surface area contributed by atoms with Gasteiger partial charge in [-0.3, -0.25) is 0 Å². The van der Waals surface area contributed by atoms with Crippen LogP contribution in [0.15, 0.2) is 95.9 Å². The summed E-state index contributed by atoms with van der Waals surface area (Å²) in [6.45, 7) is 0.465. The van der Waals surface area contributed by atoms with E-state index >= 15 is 0 Å². The van der Waals surface area contributed by atoms with Crippen molar-refractivity contribution in [2.24, 2.45) is 0 Å². The fourth-order valence-electron chi connectivity index (χ4n) is 4.13. The third-order valence-electron chi connectivity index (χ3n) is 5.95. The Morgan fingerprint density at radius 2 is 1.34 bits per heavy atom. The highest BCUT2D eigenvalue weighted by atomic mass is 32.2. The van der Waals surface area contributed by atoms with Gasteiger partial charge in [-0.1, -0.05) is 78.9 Å². The maximum Gasteiger partial charge on any atom is 0.207 e. The molecule has 8 heteroatoms. The lowest BCUT2D eigenvalue weighted by Gasteiger charge is -2.43. The third kappa shape index (κ3) is 6.16. The van der Waals surface area contributed by atoms with Crippen molar-refractivity contribution in [3.8, 4) is 0 Å². The van der Waals surface area contributed by atoms with Gasteiger partial charge in [0.1, 0.15) is 24.4 Å². The summed E-state index contributed by atoms with van der Waals surface area (Å²) < 4.78 is 50.6. The predicted octanol–water partition coefficient (Wildman–Crippen LogP) is 3.36. The van der Waals surface area contributed by atoms with Gasteiger partial charge in [0.25, 0.3) is 0 Å². The second-order valence-corrected chi connectivity index (χ2v) is 10.4. The quantitative estimate of drug-likeness (QED) is 0.458. The minimum absolute atomic E-state index is 0.0384. The molecule has 3 aromatic carbocycles. The van der Waals surface area contributed by atoms with Crippen LogP contribution in [0.1, 0.15) is 11.1 Å². The van der Waals surface area contributed by atoms with Crippen molar-refractivity contribution >= 4 is 9.84 Å². The van der Waals surface area contributed by atoms with Crippen molar-refractivity contribution in [1.29, 1.82) is 0 Å². The topological polar surface area (TPSA) is 91.3 Å². The molecule has 5 atom stereocenters. The molecule has 1 saturated heterocycles. The van der Waals surface area contributed by atoms with E-state index in [4.69, 9.17) is 18.9 Å². The summed E-state index contributed by atoms with van der Waals surface area (Å²) in [5, 5.41) is 11.2. The second-order valence-electron chi connectivity index (χ2n) is 8.35. The molecule has 0 amide bonds. The molecular formula is C27H30O7S. The summed E-state index contributed by atoms with van der Waals surface area (Å²) in [7, 11) is -2.56. The Morgan fingerprint density at radius 3 is 1.91 bits per heavy atom. The van der Waals surface area contributed by atoms with Crippen LogP contribution in [0.4, 0.5) is 0 Å². The Bertz CT molecular complexity index is 1140. The minimum Gasteiger partial charge on any atom is -0.387 e. The lowest BCUT2D eigenvalue weighted by Crippen LogP contribution is -2.62. The maximum atomic E-state index is 13.6. The normalized spacial score (nSPS) is 24.8. The molecule has 186 valence electrons. The van der Waals surface area contributed by atoms with Crippen molar-refractivity contribution in [3.05, 3.63) is 102 Å². The molecule has 0 unspecified atom stereocenters. The summed E-state index contributed by atoms with van der Waals surface area (Å²) >= 11 is 0. The molecule has 0 saturated carbocycles. The predicted molar refractivity (Wildman–Crippen MR) is 130 cm³/mol. The van der Waals surface area contributed by atoms with Gasteiger partial charge < -0.3 is 24.1 Å². The van der Waals surface area contributed by atoms with Gasteiger partial charge in [0.15, 0.2) is 5.44 Å². The van der Waals surface area contributed by atoms with Crippen LogP contribution in [-0.2, 0) is 42.0 Å². The lowest BCUT2D eigenvalue weighted by molar-refractivity contribution is -0.233. The largest absolute Gasteiger partial charge is 0.387 e. The standard InChI is InChI=1S/C27H30O7S/c1-31-25-23(19-32-17-20-11-5-2-6-12-20)34-27(35(29,30)22-15-9-4-10-16-22)26(24(25)28)33-18-21-13-7-3-8-14-21/h2-16,23-28H,17-19H2,1H3/t23-,24+,25+,26-,27+/m1/s1. The molecule has 0 radical (unpaired) electrons. The summed E-state index contributed by atoms with van der Waals surface area (Å²) in [5.41, 5.74) is 0.369. The first-order valence-corrected chi connectivity index (χ1v) is 13.0. The number of sulfone groups is 1.